The van der Waals surface area contributed by atoms with Crippen molar-refractivity contribution >= 4 is 130 Å². The number of carboxylic acid groups (broad SMARTS) is 6. The number of aromatic carboxylic acids is 6. The first kappa shape index (κ1) is 72.8. The third kappa shape index (κ3) is 39.0. The van der Waals surface area contributed by atoms with Crippen molar-refractivity contribution in [3.63, 3.8) is 0 Å². The number of nitrogens with one attached hydrogen (secondary N) is 6. The van der Waals surface area contributed by atoms with E-state index in [-0.39, 0.29) is 69.4 Å². The van der Waals surface area contributed by atoms with E-state index in [0.717, 1.165) is 60.3 Å². The molecule has 0 saturated heterocycles. The van der Waals surface area contributed by atoms with E-state index in [2.05, 4.69) is 26.4 Å². The summed E-state index contributed by atoms with van der Waals surface area (Å²) in [6.07, 6.45) is -26.9. The first-order chi connectivity index (χ1) is 86.8. The van der Waals surface area contributed by atoms with E-state index in [9.17, 15) is 105 Å². The van der Waals surface area contributed by atoms with Crippen molar-refractivity contribution in [1.29, 1.82) is 1.43 Å². The fourth-order valence-electron chi connectivity index (χ4n) is 11.7. The van der Waals surface area contributed by atoms with E-state index in [1.54, 1.807) is 109 Å². The maximum Gasteiger partial charge on any atom is 0.335 e. The number of nitrogens with two attached hydrogens (primary N) is 6. The smallest absolute Gasteiger partial charge is 0.335 e. The zero-order valence-electron chi connectivity index (χ0n) is 118. The Labute approximate surface area is 927 Å². The number of anilines is 6. The molecule has 2 atom stereocenters. The second-order valence-electron chi connectivity index (χ2n) is 28.9. The van der Waals surface area contributed by atoms with Crippen LogP contribution in [-0.4, -0.2) is 156 Å². The Bertz CT molecular complexity index is 9270. The third-order valence-electron chi connectivity index (χ3n) is 18.2. The summed E-state index contributed by atoms with van der Waals surface area (Å²) in [5.74, 6) is -11.2. The fourth-order valence-corrected chi connectivity index (χ4v) is 15.9. The van der Waals surface area contributed by atoms with Gasteiger partial charge in [0.05, 0.1) is 67.5 Å². The average molecular weight is 2230 g/mol. The molecule has 0 aliphatic heterocycles. The molecule has 804 valence electrons. The Morgan fingerprint density at radius 1 is 0.300 bits per heavy atom. The maximum absolute atomic E-state index is 12.6. The summed E-state index contributed by atoms with van der Waals surface area (Å²) in [6.45, 7) is -25.6. The van der Waals surface area contributed by atoms with Crippen molar-refractivity contribution in [3.8, 4) is 69.0 Å². The minimum Gasteiger partial charge on any atom is -0.478 e. The van der Waals surface area contributed by atoms with Crippen LogP contribution in [0.4, 0.5) is 34.1 Å². The molecule has 2 unspecified atom stereocenters. The summed E-state index contributed by atoms with van der Waals surface area (Å²) in [6, 6.07) is 56.4. The molecule has 0 radical (unpaired) electrons. The zero-order chi connectivity index (χ0) is 146. The van der Waals surface area contributed by atoms with E-state index in [1.165, 1.54) is 78.9 Å². The van der Waals surface area contributed by atoms with Crippen LogP contribution in [0.15, 0.2) is 284 Å². The summed E-state index contributed by atoms with van der Waals surface area (Å²) in [4.78, 5) is 64.9. The number of hydrogen-bond donors (Lipinski definition) is 18. The lowest BCUT2D eigenvalue weighted by atomic mass is 10.1. The van der Waals surface area contributed by atoms with E-state index in [4.69, 9.17) is 111 Å². The van der Waals surface area contributed by atoms with Crippen LogP contribution in [0.3, 0.4) is 0 Å². The number of rotatable bonds is 49. The Morgan fingerprint density at radius 3 is 0.840 bits per heavy atom. The van der Waals surface area contributed by atoms with Crippen LogP contribution < -0.4 is 91.1 Å². The number of ether oxygens (including phenoxy) is 6. The molecule has 48 heteroatoms. The number of carboxylic acids is 6. The SMILES string of the molecule is [2H]C(CC([2H])([2H])C([2H])([2H])[2H])Nc1cc(C(=O)O)cc(S(N)(=O)=O)c1Oc1ccccc1.[2H]C(Nc1cc(C(=O)O)cc(S(N)(=O)=O)c1Oc1ccccc1)C([2H])([2H])C([2H])([2H])C([2H])([2H])[2H].[2H]C([2H])(CC([2H])([2H])C([2H])([2H])[2H])Nc1cc(C(=O)O)cc(S(N)(=O)=O)c1Oc1ccccc1.[2H]C([2H])([2H])C([2H])([2H])C([2H])([2H])C([2H])([2H])Nc1cc(C(=O)O)cc(S(N)(=O)=O)c1Oc1ccccc1.[2H]C([2H])([2H])C([2H])([2H])C([2H])([2H])CNc1cc(C(=O)O)cc(S(N)(=O)=O)c1Oc1ccccc1.[2H]OC(=O)c1cc(N([2H])CCCC)c(Oc2ccccc2)c(S(=O)(=O)N([2H])[2H])c1. The monoisotopic (exact) mass is 2230 g/mol. The maximum atomic E-state index is 12.6. The minimum absolute atomic E-state index is 0.0138. The standard InChI is InChI=1S/6C17H20N2O5S/c6*1-2-3-9-19-14-10-12(17(20)21)11-15(25(18,22)23)16(14)24-13-7-5-4-6-8-13/h6*4-8,10-11,19H,2-3,9H2,1H3,(H,20,21)(H2,18,22,23)/i1D3,2D2,3D2,9D2;1D3,2D2,3D2,9D;1D3,2D2,9D2;1D3,2D2,9D;1D3,2D2,3D2;/hD4. The lowest BCUT2D eigenvalue weighted by molar-refractivity contribution is 0.0685. The first-order valence-corrected chi connectivity index (χ1v) is 50.9. The Hall–Kier alpha value is -15.5. The van der Waals surface area contributed by atoms with Gasteiger partial charge in [0.1, 0.15) is 66.7 Å². The molecule has 0 aromatic heterocycles. The molecule has 0 amide bonds. The van der Waals surface area contributed by atoms with Crippen LogP contribution in [0.25, 0.3) is 1.43 Å². The highest BCUT2D eigenvalue weighted by atomic mass is 32.2. The molecular formula is C102H120N12O30S6. The molecule has 0 aliphatic carbocycles. The lowest BCUT2D eigenvalue weighted by Crippen LogP contribution is -2.16. The number of sulfonamides is 6. The van der Waals surface area contributed by atoms with Gasteiger partial charge in [0.25, 0.3) is 1.43 Å². The molecule has 0 bridgehead atoms. The largest absolute Gasteiger partial charge is 0.478 e. The molecule has 0 saturated carbocycles. The second-order valence-corrected chi connectivity index (χ2v) is 38.0. The van der Waals surface area contributed by atoms with Crippen molar-refractivity contribution in [2.75, 3.05) is 71.0 Å². The van der Waals surface area contributed by atoms with Gasteiger partial charge in [-0.15, -0.1) is 0 Å². The second kappa shape index (κ2) is 58.3. The van der Waals surface area contributed by atoms with Gasteiger partial charge in [0.2, 0.25) is 60.1 Å². The molecule has 12 rings (SSSR count). The van der Waals surface area contributed by atoms with Crippen LogP contribution in [0, 0.1) is 0 Å². The van der Waals surface area contributed by atoms with Crippen molar-refractivity contribution in [2.24, 2.45) is 30.8 Å². The lowest BCUT2D eigenvalue weighted by Gasteiger charge is -2.17. The van der Waals surface area contributed by atoms with E-state index < -0.39 is 335 Å². The highest BCUT2D eigenvalue weighted by Gasteiger charge is 2.31. The van der Waals surface area contributed by atoms with Gasteiger partial charge in [0.15, 0.2) is 35.9 Å². The van der Waals surface area contributed by atoms with Gasteiger partial charge in [0, 0.05) is 89.8 Å². The van der Waals surface area contributed by atoms with Crippen molar-refractivity contribution in [1.82, 2.24) is 0 Å². The third-order valence-corrected chi connectivity index (χ3v) is 23.6. The van der Waals surface area contributed by atoms with Crippen LogP contribution >= 0.6 is 0 Å². The number of primary sulfonamides is 6. The number of unbranched alkanes of at least 4 members (excludes halogenated alkanes) is 1. The number of carbonyl (C=O) groups is 6. The van der Waals surface area contributed by atoms with Crippen LogP contribution in [0.1, 0.15) is 231 Å². The first-order valence-electron chi connectivity index (χ1n) is 62.2. The Balaban J connectivity index is 0.000000305. The van der Waals surface area contributed by atoms with Crippen LogP contribution in [0.5, 0.6) is 69.0 Å². The van der Waals surface area contributed by atoms with Crippen molar-refractivity contribution < 1.29 is 193 Å². The zero-order valence-corrected chi connectivity index (χ0v) is 82.2. The van der Waals surface area contributed by atoms with Gasteiger partial charge in [-0.25, -0.2) is 110 Å². The van der Waals surface area contributed by atoms with Gasteiger partial charge in [-0.05, 0) is 184 Å². The molecule has 0 fully saturated rings. The van der Waals surface area contributed by atoms with E-state index in [1.807, 2.05) is 12.2 Å². The number of hydrogen-bond acceptors (Lipinski definition) is 31. The molecule has 0 aliphatic rings. The summed E-state index contributed by atoms with van der Waals surface area (Å²) in [5.41, 5.74) is -5.70. The normalized spacial score (nSPS) is 16.9. The van der Waals surface area contributed by atoms with Gasteiger partial charge in [-0.2, -0.15) is 0 Å². The molecule has 24 N–H and O–H groups in total. The molecule has 150 heavy (non-hydrogen) atoms. The van der Waals surface area contributed by atoms with E-state index >= 15 is 0 Å². The molecule has 0 heterocycles. The molecule has 12 aromatic rings. The predicted molar refractivity (Wildman–Crippen MR) is 568 cm³/mol. The van der Waals surface area contributed by atoms with Gasteiger partial charge < -0.3 is 91.0 Å². The Morgan fingerprint density at radius 2 is 0.553 bits per heavy atom. The molecule has 42 nitrogen and oxygen atoms in total. The van der Waals surface area contributed by atoms with Gasteiger partial charge >= 0.3 is 35.8 Å². The van der Waals surface area contributed by atoms with Gasteiger partial charge in [-0.3, -0.25) is 0 Å². The summed E-state index contributed by atoms with van der Waals surface area (Å²) in [7, 11) is -27.6. The van der Waals surface area contributed by atoms with Crippen molar-refractivity contribution in [3.05, 3.63) is 288 Å². The summed E-state index contributed by atoms with van der Waals surface area (Å²) < 4.78 is 491. The Kier molecular flexibility index (Phi) is 28.3. The molecule has 0 spiro atoms. The highest BCUT2D eigenvalue weighted by Crippen LogP contribution is 2.45. The number of benzene rings is 12. The predicted octanol–water partition coefficient (Wildman–Crippen LogP) is 18.2. The molecular weight excluding hydrogens is 2070 g/mol. The van der Waals surface area contributed by atoms with Crippen molar-refractivity contribution in [2.45, 2.75) is 147 Å². The number of para-hydroxylation sites is 6. The molecule has 12 aromatic carbocycles. The highest BCUT2D eigenvalue weighted by molar-refractivity contribution is 7.90. The quantitative estimate of drug-likeness (QED) is 0.0168. The minimum atomic E-state index is -4.71. The average Bonchev–Trinajstić information content (AvgIpc) is 0.730. The van der Waals surface area contributed by atoms with Gasteiger partial charge in [-0.1, -0.05) is 189 Å². The summed E-state index contributed by atoms with van der Waals surface area (Å²) >= 11 is 0. The van der Waals surface area contributed by atoms with Crippen LogP contribution in [0.2, 0.25) is 4.24 Å². The topological polar surface area (TPSA) is 712 Å². The van der Waals surface area contributed by atoms with Crippen LogP contribution in [-0.2, 0) is 60.1 Å². The fraction of sp³-hybridized carbons (Fsp3) is 0.235. The van der Waals surface area contributed by atoms with E-state index in [0.29, 0.717) is 24.6 Å². The summed E-state index contributed by atoms with van der Waals surface area (Å²) in [5, 5.41) is 88.2.